The van der Waals surface area contributed by atoms with Gasteiger partial charge in [0.15, 0.2) is 0 Å². The van der Waals surface area contributed by atoms with E-state index in [-0.39, 0.29) is 17.2 Å². The highest BCUT2D eigenvalue weighted by atomic mass is 32.2. The fourth-order valence-electron chi connectivity index (χ4n) is 2.82. The Kier molecular flexibility index (Phi) is 4.49. The van der Waals surface area contributed by atoms with E-state index in [9.17, 15) is 8.42 Å². The fraction of sp³-hybridized carbons (Fsp3) is 0.667. The Labute approximate surface area is 113 Å². The topological polar surface area (TPSA) is 98.0 Å². The average molecular weight is 284 g/mol. The number of hydrogen-bond donors (Lipinski definition) is 2. The summed E-state index contributed by atoms with van der Waals surface area (Å²) >= 11 is 0. The Morgan fingerprint density at radius 1 is 1.47 bits per heavy atom. The van der Waals surface area contributed by atoms with Crippen molar-refractivity contribution in [2.45, 2.75) is 37.0 Å². The molecular weight excluding hydrogens is 264 g/mol. The first kappa shape index (κ1) is 14.4. The van der Waals surface area contributed by atoms with Crippen molar-refractivity contribution < 1.29 is 8.42 Å². The zero-order chi connectivity index (χ0) is 13.9. The lowest BCUT2D eigenvalue weighted by molar-refractivity contribution is 0.270. The van der Waals surface area contributed by atoms with Gasteiger partial charge in [-0.3, -0.25) is 11.3 Å². The van der Waals surface area contributed by atoms with Crippen LogP contribution in [0, 0.1) is 5.92 Å². The number of hydrazine groups is 1. The van der Waals surface area contributed by atoms with Crippen LogP contribution in [0.25, 0.3) is 0 Å². The molecule has 0 aromatic carbocycles. The zero-order valence-electron chi connectivity index (χ0n) is 11.0. The molecule has 0 amide bonds. The molecule has 1 heterocycles. The second-order valence-electron chi connectivity index (χ2n) is 5.16. The SMILES string of the molecule is CS(=O)(=O)C1CCCC(C(NN)c2ccncn2)C1. The lowest BCUT2D eigenvalue weighted by atomic mass is 9.82. The number of nitrogens with zero attached hydrogens (tertiary/aromatic N) is 2. The van der Waals surface area contributed by atoms with Crippen LogP contribution < -0.4 is 11.3 Å². The minimum atomic E-state index is -2.98. The Bertz CT molecular complexity index is 506. The van der Waals surface area contributed by atoms with E-state index in [0.29, 0.717) is 6.42 Å². The molecule has 0 radical (unpaired) electrons. The highest BCUT2D eigenvalue weighted by Gasteiger charge is 2.33. The molecule has 0 spiro atoms. The maximum Gasteiger partial charge on any atom is 0.150 e. The first-order valence-corrected chi connectivity index (χ1v) is 8.38. The van der Waals surface area contributed by atoms with Crippen molar-refractivity contribution >= 4 is 9.84 Å². The number of hydrogen-bond acceptors (Lipinski definition) is 6. The van der Waals surface area contributed by atoms with E-state index < -0.39 is 9.84 Å². The second kappa shape index (κ2) is 5.94. The third kappa shape index (κ3) is 3.49. The van der Waals surface area contributed by atoms with E-state index in [1.807, 2.05) is 6.07 Å². The van der Waals surface area contributed by atoms with Crippen LogP contribution in [0.1, 0.15) is 37.4 Å². The third-order valence-corrected chi connectivity index (χ3v) is 5.49. The van der Waals surface area contributed by atoms with E-state index in [2.05, 4.69) is 15.4 Å². The van der Waals surface area contributed by atoms with E-state index in [1.165, 1.54) is 12.6 Å². The molecule has 3 atom stereocenters. The summed E-state index contributed by atoms with van der Waals surface area (Å²) < 4.78 is 23.4. The van der Waals surface area contributed by atoms with Crippen molar-refractivity contribution in [3.63, 3.8) is 0 Å². The van der Waals surface area contributed by atoms with Crippen LogP contribution in [0.4, 0.5) is 0 Å². The Balaban J connectivity index is 2.15. The van der Waals surface area contributed by atoms with E-state index in [0.717, 1.165) is 25.0 Å². The van der Waals surface area contributed by atoms with Gasteiger partial charge in [-0.2, -0.15) is 0 Å². The molecule has 3 N–H and O–H groups in total. The molecule has 0 aliphatic heterocycles. The van der Waals surface area contributed by atoms with Crippen LogP contribution in [0.2, 0.25) is 0 Å². The first-order valence-electron chi connectivity index (χ1n) is 6.43. The van der Waals surface area contributed by atoms with Crippen molar-refractivity contribution in [3.05, 3.63) is 24.3 Å². The molecule has 19 heavy (non-hydrogen) atoms. The van der Waals surface area contributed by atoms with Crippen LogP contribution in [0.15, 0.2) is 18.6 Å². The Morgan fingerprint density at radius 2 is 2.26 bits per heavy atom. The highest BCUT2D eigenvalue weighted by Crippen LogP contribution is 2.35. The monoisotopic (exact) mass is 284 g/mol. The molecule has 6 nitrogen and oxygen atoms in total. The van der Waals surface area contributed by atoms with Crippen molar-refractivity contribution in [3.8, 4) is 0 Å². The maximum absolute atomic E-state index is 11.7. The van der Waals surface area contributed by atoms with E-state index >= 15 is 0 Å². The predicted molar refractivity (Wildman–Crippen MR) is 72.7 cm³/mol. The summed E-state index contributed by atoms with van der Waals surface area (Å²) in [6.07, 6.45) is 7.72. The van der Waals surface area contributed by atoms with Gasteiger partial charge in [0.2, 0.25) is 0 Å². The molecule has 7 heteroatoms. The van der Waals surface area contributed by atoms with Crippen LogP contribution >= 0.6 is 0 Å². The summed E-state index contributed by atoms with van der Waals surface area (Å²) in [5.41, 5.74) is 3.59. The maximum atomic E-state index is 11.7. The summed E-state index contributed by atoms with van der Waals surface area (Å²) in [5.74, 6) is 5.82. The molecule has 1 aliphatic carbocycles. The van der Waals surface area contributed by atoms with E-state index in [4.69, 9.17) is 5.84 Å². The van der Waals surface area contributed by atoms with Crippen LogP contribution in [-0.4, -0.2) is 29.9 Å². The van der Waals surface area contributed by atoms with Gasteiger partial charge in [0.25, 0.3) is 0 Å². The minimum Gasteiger partial charge on any atom is -0.271 e. The predicted octanol–water partition coefficient (Wildman–Crippen LogP) is 0.584. The van der Waals surface area contributed by atoms with Gasteiger partial charge in [-0.05, 0) is 31.2 Å². The summed E-state index contributed by atoms with van der Waals surface area (Å²) in [4.78, 5) is 8.10. The number of nitrogens with one attached hydrogen (secondary N) is 1. The summed E-state index contributed by atoms with van der Waals surface area (Å²) in [5, 5.41) is -0.260. The van der Waals surface area contributed by atoms with Crippen LogP contribution in [0.3, 0.4) is 0 Å². The third-order valence-electron chi connectivity index (χ3n) is 3.85. The largest absolute Gasteiger partial charge is 0.271 e. The van der Waals surface area contributed by atoms with Crippen LogP contribution in [0.5, 0.6) is 0 Å². The molecule has 1 aromatic heterocycles. The summed E-state index contributed by atoms with van der Waals surface area (Å²) in [6.45, 7) is 0. The number of rotatable bonds is 4. The van der Waals surface area contributed by atoms with Crippen LogP contribution in [-0.2, 0) is 9.84 Å². The molecule has 0 bridgehead atoms. The molecule has 1 saturated carbocycles. The van der Waals surface area contributed by atoms with Gasteiger partial charge in [-0.1, -0.05) is 6.42 Å². The Morgan fingerprint density at radius 3 is 2.84 bits per heavy atom. The van der Waals surface area contributed by atoms with Crippen molar-refractivity contribution in [1.82, 2.24) is 15.4 Å². The molecule has 1 aromatic rings. The molecule has 2 rings (SSSR count). The average Bonchev–Trinajstić information content (AvgIpc) is 2.40. The molecule has 0 saturated heterocycles. The quantitative estimate of drug-likeness (QED) is 0.620. The van der Waals surface area contributed by atoms with Crippen molar-refractivity contribution in [1.29, 1.82) is 0 Å². The highest BCUT2D eigenvalue weighted by molar-refractivity contribution is 7.91. The zero-order valence-corrected chi connectivity index (χ0v) is 11.8. The Hall–Kier alpha value is -1.05. The van der Waals surface area contributed by atoms with Crippen molar-refractivity contribution in [2.75, 3.05) is 6.26 Å². The minimum absolute atomic E-state index is 0.118. The second-order valence-corrected chi connectivity index (χ2v) is 7.48. The first-order chi connectivity index (χ1) is 9.02. The molecule has 1 fully saturated rings. The fourth-order valence-corrected chi connectivity index (χ4v) is 4.01. The smallest absolute Gasteiger partial charge is 0.150 e. The lowest BCUT2D eigenvalue weighted by Gasteiger charge is -2.33. The molecule has 106 valence electrons. The van der Waals surface area contributed by atoms with Gasteiger partial charge in [-0.25, -0.2) is 18.4 Å². The normalized spacial score (nSPS) is 26.0. The van der Waals surface area contributed by atoms with Gasteiger partial charge >= 0.3 is 0 Å². The van der Waals surface area contributed by atoms with Gasteiger partial charge in [-0.15, -0.1) is 0 Å². The lowest BCUT2D eigenvalue weighted by Crippen LogP contribution is -2.38. The number of sulfone groups is 1. The summed E-state index contributed by atoms with van der Waals surface area (Å²) in [7, 11) is -2.98. The summed E-state index contributed by atoms with van der Waals surface area (Å²) in [6, 6.07) is 1.70. The van der Waals surface area contributed by atoms with Crippen molar-refractivity contribution in [2.24, 2.45) is 11.8 Å². The van der Waals surface area contributed by atoms with Gasteiger partial charge in [0.05, 0.1) is 17.0 Å². The number of aromatic nitrogens is 2. The van der Waals surface area contributed by atoms with Gasteiger partial charge in [0.1, 0.15) is 16.2 Å². The van der Waals surface area contributed by atoms with Gasteiger partial charge in [0, 0.05) is 12.5 Å². The molecule has 3 unspecified atom stereocenters. The number of nitrogens with two attached hydrogens (primary N) is 1. The standard InChI is InChI=1S/C12H20N4O2S/c1-19(17,18)10-4-2-3-9(7-10)12(16-13)11-5-6-14-8-15-11/h5-6,8-10,12,16H,2-4,7,13H2,1H3. The van der Waals surface area contributed by atoms with E-state index in [1.54, 1.807) is 6.20 Å². The molecular formula is C12H20N4O2S. The molecule has 1 aliphatic rings. The van der Waals surface area contributed by atoms with Gasteiger partial charge < -0.3 is 0 Å².